The van der Waals surface area contributed by atoms with Gasteiger partial charge in [0, 0.05) is 10.8 Å². The summed E-state index contributed by atoms with van der Waals surface area (Å²) in [6, 6.07) is 24.3. The van der Waals surface area contributed by atoms with E-state index in [4.69, 9.17) is 16.3 Å². The van der Waals surface area contributed by atoms with Crippen LogP contribution in [-0.4, -0.2) is 31.5 Å². The third-order valence-electron chi connectivity index (χ3n) is 4.81. The molecule has 154 valence electrons. The van der Waals surface area contributed by atoms with Crippen LogP contribution >= 0.6 is 23.4 Å². The number of thioether (sulfide) groups is 1. The van der Waals surface area contributed by atoms with Crippen LogP contribution < -0.4 is 10.3 Å². The number of hydrogen-bond acceptors (Lipinski definition) is 5. The molecular formula is C23H17ClN4O2S. The Morgan fingerprint density at radius 2 is 1.65 bits per heavy atom. The van der Waals surface area contributed by atoms with Crippen molar-refractivity contribution in [2.75, 3.05) is 12.4 Å². The average molecular weight is 449 g/mol. The number of para-hydroxylation sites is 2. The van der Waals surface area contributed by atoms with Gasteiger partial charge in [-0.1, -0.05) is 53.7 Å². The van der Waals surface area contributed by atoms with E-state index in [1.54, 1.807) is 16.7 Å². The van der Waals surface area contributed by atoms with Gasteiger partial charge < -0.3 is 4.74 Å². The highest BCUT2D eigenvalue weighted by atomic mass is 35.5. The van der Waals surface area contributed by atoms with E-state index in [2.05, 4.69) is 10.2 Å². The van der Waals surface area contributed by atoms with Gasteiger partial charge in [0.2, 0.25) is 5.78 Å². The van der Waals surface area contributed by atoms with Gasteiger partial charge in [-0.05, 0) is 48.5 Å². The smallest absolute Gasteiger partial charge is 0.267 e. The van der Waals surface area contributed by atoms with Gasteiger partial charge in [-0.3, -0.25) is 9.20 Å². The molecule has 0 aliphatic heterocycles. The van der Waals surface area contributed by atoms with Crippen LogP contribution in [0.5, 0.6) is 5.75 Å². The Hall–Kier alpha value is -3.29. The van der Waals surface area contributed by atoms with Gasteiger partial charge in [0.25, 0.3) is 5.56 Å². The summed E-state index contributed by atoms with van der Waals surface area (Å²) in [4.78, 5) is 13.2. The summed E-state index contributed by atoms with van der Waals surface area (Å²) in [5.41, 5.74) is 1.41. The molecule has 0 saturated heterocycles. The predicted octanol–water partition coefficient (Wildman–Crippen LogP) is 4.86. The first kappa shape index (κ1) is 19.7. The second-order valence-corrected chi connectivity index (χ2v) is 8.26. The Labute approximate surface area is 187 Å². The molecule has 0 spiro atoms. The number of ether oxygens (including phenoxy) is 1. The number of nitrogens with zero attached hydrogens (tertiary/aromatic N) is 4. The van der Waals surface area contributed by atoms with Crippen molar-refractivity contribution in [3.05, 3.63) is 94.2 Å². The largest absolute Gasteiger partial charge is 0.493 e. The SMILES string of the molecule is O=c1c2ccccc2n2c(SCCOc3ccc(Cl)cc3)nnc2n1-c1ccccc1. The summed E-state index contributed by atoms with van der Waals surface area (Å²) in [5, 5.41) is 10.7. The van der Waals surface area contributed by atoms with Crippen LogP contribution in [0.4, 0.5) is 0 Å². The Kier molecular flexibility index (Phi) is 5.36. The van der Waals surface area contributed by atoms with E-state index in [1.165, 1.54) is 11.8 Å². The molecule has 8 heteroatoms. The minimum atomic E-state index is -0.121. The Morgan fingerprint density at radius 1 is 0.903 bits per heavy atom. The molecular weight excluding hydrogens is 432 g/mol. The van der Waals surface area contributed by atoms with Crippen molar-refractivity contribution in [3.63, 3.8) is 0 Å². The van der Waals surface area contributed by atoms with Crippen LogP contribution in [0.2, 0.25) is 5.02 Å². The van der Waals surface area contributed by atoms with Crippen molar-refractivity contribution in [2.45, 2.75) is 5.16 Å². The third-order valence-corrected chi connectivity index (χ3v) is 5.95. The zero-order valence-corrected chi connectivity index (χ0v) is 17.9. The van der Waals surface area contributed by atoms with Crippen molar-refractivity contribution in [2.24, 2.45) is 0 Å². The minimum absolute atomic E-state index is 0.121. The number of aromatic nitrogens is 4. The molecule has 0 aliphatic carbocycles. The third kappa shape index (κ3) is 3.78. The number of halogens is 1. The molecule has 0 aliphatic rings. The van der Waals surface area contributed by atoms with Crippen LogP contribution in [-0.2, 0) is 0 Å². The standard InChI is InChI=1S/C23H17ClN4O2S/c24-16-10-12-18(13-11-16)30-14-15-31-23-26-25-22-27(17-6-2-1-3-7-17)21(29)19-8-4-5-9-20(19)28(22)23/h1-13H,14-15H2. The molecule has 0 fully saturated rings. The second kappa shape index (κ2) is 8.45. The monoisotopic (exact) mass is 448 g/mol. The Bertz CT molecular complexity index is 1420. The zero-order chi connectivity index (χ0) is 21.2. The molecule has 0 unspecified atom stereocenters. The highest BCUT2D eigenvalue weighted by Gasteiger charge is 2.17. The number of fused-ring (bicyclic) bond motifs is 3. The van der Waals surface area contributed by atoms with Crippen molar-refractivity contribution >= 4 is 40.0 Å². The van der Waals surface area contributed by atoms with E-state index >= 15 is 0 Å². The fraction of sp³-hybridized carbons (Fsp3) is 0.0870. The molecule has 31 heavy (non-hydrogen) atoms. The van der Waals surface area contributed by atoms with Crippen LogP contribution in [0.1, 0.15) is 0 Å². The minimum Gasteiger partial charge on any atom is -0.493 e. The van der Waals surface area contributed by atoms with Gasteiger partial charge in [-0.25, -0.2) is 4.57 Å². The quantitative estimate of drug-likeness (QED) is 0.274. The van der Waals surface area contributed by atoms with Gasteiger partial charge >= 0.3 is 0 Å². The van der Waals surface area contributed by atoms with E-state index in [1.807, 2.05) is 71.1 Å². The first-order valence-corrected chi connectivity index (χ1v) is 11.0. The van der Waals surface area contributed by atoms with E-state index in [9.17, 15) is 4.79 Å². The first-order chi connectivity index (χ1) is 15.2. The lowest BCUT2D eigenvalue weighted by atomic mass is 10.2. The topological polar surface area (TPSA) is 61.4 Å². The Morgan fingerprint density at radius 3 is 2.45 bits per heavy atom. The van der Waals surface area contributed by atoms with Crippen LogP contribution in [0, 0.1) is 0 Å². The molecule has 2 aromatic heterocycles. The molecule has 0 atom stereocenters. The maximum Gasteiger partial charge on any atom is 0.267 e. The average Bonchev–Trinajstić information content (AvgIpc) is 3.22. The highest BCUT2D eigenvalue weighted by molar-refractivity contribution is 7.99. The lowest BCUT2D eigenvalue weighted by Crippen LogP contribution is -2.21. The molecule has 2 heterocycles. The summed E-state index contributed by atoms with van der Waals surface area (Å²) in [7, 11) is 0. The van der Waals surface area contributed by atoms with Gasteiger partial charge in [0.1, 0.15) is 5.75 Å². The first-order valence-electron chi connectivity index (χ1n) is 9.68. The van der Waals surface area contributed by atoms with E-state index in [-0.39, 0.29) is 5.56 Å². The molecule has 6 nitrogen and oxygen atoms in total. The van der Waals surface area contributed by atoms with Crippen LogP contribution in [0.15, 0.2) is 88.8 Å². The van der Waals surface area contributed by atoms with Gasteiger partial charge in [-0.15, -0.1) is 10.2 Å². The van der Waals surface area contributed by atoms with Crippen molar-refractivity contribution in [1.82, 2.24) is 19.2 Å². The van der Waals surface area contributed by atoms with Gasteiger partial charge in [0.15, 0.2) is 5.16 Å². The van der Waals surface area contributed by atoms with Gasteiger partial charge in [-0.2, -0.15) is 0 Å². The van der Waals surface area contributed by atoms with Crippen molar-refractivity contribution in [1.29, 1.82) is 0 Å². The van der Waals surface area contributed by atoms with E-state index in [0.29, 0.717) is 33.7 Å². The van der Waals surface area contributed by atoms with Crippen LogP contribution in [0.3, 0.4) is 0 Å². The summed E-state index contributed by atoms with van der Waals surface area (Å²) >= 11 is 7.44. The van der Waals surface area contributed by atoms with Crippen molar-refractivity contribution in [3.8, 4) is 11.4 Å². The lowest BCUT2D eigenvalue weighted by molar-refractivity contribution is 0.344. The second-order valence-electron chi connectivity index (χ2n) is 6.76. The predicted molar refractivity (Wildman–Crippen MR) is 124 cm³/mol. The molecule has 0 N–H and O–H groups in total. The fourth-order valence-electron chi connectivity index (χ4n) is 3.41. The molecule has 0 bridgehead atoms. The summed E-state index contributed by atoms with van der Waals surface area (Å²) in [6.07, 6.45) is 0. The lowest BCUT2D eigenvalue weighted by Gasteiger charge is -2.11. The van der Waals surface area contributed by atoms with Crippen LogP contribution in [0.25, 0.3) is 22.4 Å². The molecule has 5 aromatic rings. The molecule has 0 amide bonds. The van der Waals surface area contributed by atoms with Gasteiger partial charge in [0.05, 0.1) is 23.2 Å². The molecule has 3 aromatic carbocycles. The molecule has 5 rings (SSSR count). The van der Waals surface area contributed by atoms with E-state index in [0.717, 1.165) is 17.0 Å². The normalized spacial score (nSPS) is 11.3. The number of hydrogen-bond donors (Lipinski definition) is 0. The fourth-order valence-corrected chi connectivity index (χ4v) is 4.29. The zero-order valence-electron chi connectivity index (χ0n) is 16.3. The number of rotatable bonds is 6. The summed E-state index contributed by atoms with van der Waals surface area (Å²) in [6.45, 7) is 0.497. The number of benzene rings is 3. The van der Waals surface area contributed by atoms with E-state index < -0.39 is 0 Å². The maximum atomic E-state index is 13.2. The Balaban J connectivity index is 1.50. The molecule has 0 saturated carbocycles. The maximum absolute atomic E-state index is 13.2. The highest BCUT2D eigenvalue weighted by Crippen LogP contribution is 2.23. The summed E-state index contributed by atoms with van der Waals surface area (Å²) in [5.74, 6) is 1.91. The van der Waals surface area contributed by atoms with Crippen molar-refractivity contribution < 1.29 is 4.74 Å². The molecule has 0 radical (unpaired) electrons. The summed E-state index contributed by atoms with van der Waals surface area (Å²) < 4.78 is 9.31.